The average Bonchev–Trinajstić information content (AvgIpc) is 3.11. The standard InChI is InChI=1S/C25H17ClN2O/c1-16-9-11-18(12-10-16)25(29)28-23-15-19(26)13-14-22(23)27-24(28)21-8-4-6-17-5-2-3-7-20(17)21/h2-15H,1H3. The van der Waals surface area contributed by atoms with Crippen LogP contribution in [0.15, 0.2) is 84.9 Å². The first-order valence-corrected chi connectivity index (χ1v) is 9.77. The van der Waals surface area contributed by atoms with E-state index in [0.29, 0.717) is 21.9 Å². The number of aryl methyl sites for hydroxylation is 1. The summed E-state index contributed by atoms with van der Waals surface area (Å²) in [7, 11) is 0. The second kappa shape index (κ2) is 6.87. The predicted molar refractivity (Wildman–Crippen MR) is 119 cm³/mol. The van der Waals surface area contributed by atoms with E-state index in [9.17, 15) is 4.79 Å². The fourth-order valence-corrected chi connectivity index (χ4v) is 3.85. The van der Waals surface area contributed by atoms with Crippen LogP contribution in [-0.2, 0) is 0 Å². The molecule has 1 aromatic heterocycles. The Morgan fingerprint density at radius 2 is 1.66 bits per heavy atom. The van der Waals surface area contributed by atoms with Crippen LogP contribution in [0.3, 0.4) is 0 Å². The van der Waals surface area contributed by atoms with E-state index in [2.05, 4.69) is 18.2 Å². The van der Waals surface area contributed by atoms with Gasteiger partial charge in [-0.3, -0.25) is 9.36 Å². The molecule has 0 atom stereocenters. The zero-order chi connectivity index (χ0) is 20.0. The van der Waals surface area contributed by atoms with Gasteiger partial charge >= 0.3 is 0 Å². The highest BCUT2D eigenvalue weighted by molar-refractivity contribution is 6.31. The molecule has 0 aliphatic heterocycles. The van der Waals surface area contributed by atoms with Gasteiger partial charge in [0.1, 0.15) is 5.82 Å². The smallest absolute Gasteiger partial charge is 0.264 e. The first-order chi connectivity index (χ1) is 14.1. The lowest BCUT2D eigenvalue weighted by Gasteiger charge is -2.11. The van der Waals surface area contributed by atoms with Crippen molar-refractivity contribution in [1.82, 2.24) is 9.55 Å². The van der Waals surface area contributed by atoms with E-state index in [1.54, 1.807) is 16.7 Å². The van der Waals surface area contributed by atoms with E-state index >= 15 is 0 Å². The van der Waals surface area contributed by atoms with Gasteiger partial charge in [0.2, 0.25) is 0 Å². The zero-order valence-corrected chi connectivity index (χ0v) is 16.5. The summed E-state index contributed by atoms with van der Waals surface area (Å²) in [4.78, 5) is 18.4. The van der Waals surface area contributed by atoms with Gasteiger partial charge in [-0.25, -0.2) is 4.98 Å². The molecule has 29 heavy (non-hydrogen) atoms. The summed E-state index contributed by atoms with van der Waals surface area (Å²) in [5.74, 6) is 0.488. The average molecular weight is 397 g/mol. The quantitative estimate of drug-likeness (QED) is 0.341. The SMILES string of the molecule is Cc1ccc(C(=O)n2c(-c3cccc4ccccc34)nc3ccc(Cl)cc32)cc1. The molecule has 1 heterocycles. The lowest BCUT2D eigenvalue weighted by molar-refractivity contribution is 0.0966. The molecule has 0 N–H and O–H groups in total. The lowest BCUT2D eigenvalue weighted by Crippen LogP contribution is -2.13. The molecule has 5 aromatic rings. The Balaban J connectivity index is 1.83. The predicted octanol–water partition coefficient (Wildman–Crippen LogP) is 6.51. The number of imidazole rings is 1. The minimum Gasteiger partial charge on any atom is -0.268 e. The number of hydrogen-bond donors (Lipinski definition) is 0. The van der Waals surface area contributed by atoms with Crippen molar-refractivity contribution in [1.29, 1.82) is 0 Å². The summed E-state index contributed by atoms with van der Waals surface area (Å²) >= 11 is 6.26. The summed E-state index contributed by atoms with van der Waals surface area (Å²) in [5.41, 5.74) is 4.06. The fourth-order valence-electron chi connectivity index (χ4n) is 3.68. The molecule has 0 amide bonds. The topological polar surface area (TPSA) is 34.9 Å². The molecular formula is C25H17ClN2O. The van der Waals surface area contributed by atoms with Crippen molar-refractivity contribution in [2.45, 2.75) is 6.92 Å². The highest BCUT2D eigenvalue weighted by Crippen LogP contribution is 2.32. The number of benzene rings is 4. The Morgan fingerprint density at radius 1 is 0.897 bits per heavy atom. The van der Waals surface area contributed by atoms with Crippen LogP contribution >= 0.6 is 11.6 Å². The van der Waals surface area contributed by atoms with E-state index < -0.39 is 0 Å². The van der Waals surface area contributed by atoms with Gasteiger partial charge in [-0.1, -0.05) is 71.8 Å². The first-order valence-electron chi connectivity index (χ1n) is 9.39. The Hall–Kier alpha value is -3.43. The molecule has 140 valence electrons. The lowest BCUT2D eigenvalue weighted by atomic mass is 10.0. The highest BCUT2D eigenvalue weighted by atomic mass is 35.5. The monoisotopic (exact) mass is 396 g/mol. The van der Waals surface area contributed by atoms with Crippen LogP contribution in [0.5, 0.6) is 0 Å². The maximum atomic E-state index is 13.6. The number of carbonyl (C=O) groups excluding carboxylic acids is 1. The van der Waals surface area contributed by atoms with Gasteiger partial charge in [0.15, 0.2) is 0 Å². The van der Waals surface area contributed by atoms with Crippen molar-refractivity contribution in [3.63, 3.8) is 0 Å². The number of nitrogens with zero attached hydrogens (tertiary/aromatic N) is 2. The molecule has 0 radical (unpaired) electrons. The van der Waals surface area contributed by atoms with Gasteiger partial charge in [0.25, 0.3) is 5.91 Å². The molecule has 4 heteroatoms. The summed E-state index contributed by atoms with van der Waals surface area (Å²) in [5, 5.41) is 2.72. The third-order valence-corrected chi connectivity index (χ3v) is 5.38. The summed E-state index contributed by atoms with van der Waals surface area (Å²) in [6.45, 7) is 2.00. The number of aromatic nitrogens is 2. The molecule has 0 fully saturated rings. The van der Waals surface area contributed by atoms with Crippen LogP contribution in [0.1, 0.15) is 15.9 Å². The zero-order valence-electron chi connectivity index (χ0n) is 15.8. The van der Waals surface area contributed by atoms with E-state index in [-0.39, 0.29) is 5.91 Å². The molecule has 0 spiro atoms. The van der Waals surface area contributed by atoms with Gasteiger partial charge in [0, 0.05) is 16.1 Å². The van der Waals surface area contributed by atoms with E-state index in [0.717, 1.165) is 27.4 Å². The van der Waals surface area contributed by atoms with E-state index in [1.165, 1.54) is 0 Å². The summed E-state index contributed by atoms with van der Waals surface area (Å²) in [6.07, 6.45) is 0. The molecular weight excluding hydrogens is 380 g/mol. The minimum atomic E-state index is -0.127. The molecule has 4 aromatic carbocycles. The van der Waals surface area contributed by atoms with Crippen LogP contribution < -0.4 is 0 Å². The molecule has 0 aliphatic rings. The van der Waals surface area contributed by atoms with Gasteiger partial charge in [-0.15, -0.1) is 0 Å². The number of rotatable bonds is 2. The van der Waals surface area contributed by atoms with Crippen LogP contribution in [0.4, 0.5) is 0 Å². The molecule has 5 rings (SSSR count). The molecule has 0 saturated heterocycles. The first kappa shape index (κ1) is 17.7. The Kier molecular flexibility index (Phi) is 4.18. The van der Waals surface area contributed by atoms with Crippen molar-refractivity contribution in [2.75, 3.05) is 0 Å². The van der Waals surface area contributed by atoms with Gasteiger partial charge in [0.05, 0.1) is 11.0 Å². The van der Waals surface area contributed by atoms with Crippen molar-refractivity contribution >= 4 is 39.3 Å². The highest BCUT2D eigenvalue weighted by Gasteiger charge is 2.21. The van der Waals surface area contributed by atoms with E-state index in [1.807, 2.05) is 61.5 Å². The molecule has 0 bridgehead atoms. The number of halogens is 1. The van der Waals surface area contributed by atoms with Crippen LogP contribution in [0, 0.1) is 6.92 Å². The third kappa shape index (κ3) is 3.00. The molecule has 0 unspecified atom stereocenters. The Bertz CT molecular complexity index is 1380. The number of hydrogen-bond acceptors (Lipinski definition) is 2. The third-order valence-electron chi connectivity index (χ3n) is 5.15. The van der Waals surface area contributed by atoms with Crippen LogP contribution in [0.25, 0.3) is 33.2 Å². The Morgan fingerprint density at radius 3 is 2.48 bits per heavy atom. The maximum Gasteiger partial charge on any atom is 0.264 e. The Labute approximate surface area is 173 Å². The van der Waals surface area contributed by atoms with Crippen molar-refractivity contribution in [2.24, 2.45) is 0 Å². The second-order valence-corrected chi connectivity index (χ2v) is 7.54. The van der Waals surface area contributed by atoms with Crippen LogP contribution in [0.2, 0.25) is 5.02 Å². The van der Waals surface area contributed by atoms with Crippen LogP contribution in [-0.4, -0.2) is 15.5 Å². The van der Waals surface area contributed by atoms with Crippen molar-refractivity contribution in [3.8, 4) is 11.4 Å². The molecule has 3 nitrogen and oxygen atoms in total. The number of carbonyl (C=O) groups is 1. The van der Waals surface area contributed by atoms with E-state index in [4.69, 9.17) is 16.6 Å². The van der Waals surface area contributed by atoms with Crippen molar-refractivity contribution in [3.05, 3.63) is 101 Å². The normalized spacial score (nSPS) is 11.2. The molecule has 0 aliphatic carbocycles. The van der Waals surface area contributed by atoms with Gasteiger partial charge < -0.3 is 0 Å². The second-order valence-electron chi connectivity index (χ2n) is 7.10. The summed E-state index contributed by atoms with van der Waals surface area (Å²) in [6, 6.07) is 27.2. The van der Waals surface area contributed by atoms with Gasteiger partial charge in [-0.2, -0.15) is 0 Å². The largest absolute Gasteiger partial charge is 0.268 e. The van der Waals surface area contributed by atoms with Crippen molar-refractivity contribution < 1.29 is 4.79 Å². The minimum absolute atomic E-state index is 0.127. The fraction of sp³-hybridized carbons (Fsp3) is 0.0400. The van der Waals surface area contributed by atoms with Gasteiger partial charge in [-0.05, 0) is 48.0 Å². The molecule has 0 saturated carbocycles. The maximum absolute atomic E-state index is 13.6. The number of fused-ring (bicyclic) bond motifs is 2. The summed E-state index contributed by atoms with van der Waals surface area (Å²) < 4.78 is 1.67.